The number of hydrogen-bond acceptors (Lipinski definition) is 2. The molecule has 0 unspecified atom stereocenters. The van der Waals surface area contributed by atoms with E-state index in [4.69, 9.17) is 0 Å². The number of benzene rings is 1. The quantitative estimate of drug-likeness (QED) is 0.530. The highest BCUT2D eigenvalue weighted by molar-refractivity contribution is 5.87. The van der Waals surface area contributed by atoms with Crippen LogP contribution in [0.1, 0.15) is 24.0 Å². The maximum absolute atomic E-state index is 10.7. The van der Waals surface area contributed by atoms with Crippen molar-refractivity contribution in [2.75, 3.05) is 0 Å². The highest BCUT2D eigenvalue weighted by Crippen LogP contribution is 2.40. The Balaban J connectivity index is 2.12. The molecule has 0 N–H and O–H groups in total. The lowest BCUT2D eigenvalue weighted by Crippen LogP contribution is -1.90. The zero-order valence-corrected chi connectivity index (χ0v) is 8.77. The Morgan fingerprint density at radius 1 is 1.19 bits per heavy atom. The highest BCUT2D eigenvalue weighted by atomic mass is 16.6. The summed E-state index contributed by atoms with van der Waals surface area (Å²) in [6, 6.07) is 5.18. The fourth-order valence-electron chi connectivity index (χ4n) is 2.48. The number of fused-ring (bicyclic) bond motifs is 3. The van der Waals surface area contributed by atoms with Gasteiger partial charge in [-0.2, -0.15) is 0 Å². The van der Waals surface area contributed by atoms with Gasteiger partial charge < -0.3 is 0 Å². The second-order valence-corrected chi connectivity index (χ2v) is 4.20. The van der Waals surface area contributed by atoms with Gasteiger partial charge >= 0.3 is 0 Å². The lowest BCUT2D eigenvalue weighted by Gasteiger charge is -2.07. The molecule has 3 heteroatoms. The van der Waals surface area contributed by atoms with Gasteiger partial charge in [-0.3, -0.25) is 10.1 Å². The minimum Gasteiger partial charge on any atom is -0.258 e. The number of hydrogen-bond donors (Lipinski definition) is 0. The summed E-state index contributed by atoms with van der Waals surface area (Å²) < 4.78 is 0. The predicted octanol–water partition coefficient (Wildman–Crippen LogP) is 3.25. The van der Waals surface area contributed by atoms with Crippen molar-refractivity contribution in [3.05, 3.63) is 57.2 Å². The summed E-state index contributed by atoms with van der Waals surface area (Å²) in [6.45, 7) is 0. The van der Waals surface area contributed by atoms with E-state index in [0.29, 0.717) is 0 Å². The molecule has 0 aromatic heterocycles. The summed E-state index contributed by atoms with van der Waals surface area (Å²) in [6.07, 6.45) is 7.52. The van der Waals surface area contributed by atoms with Crippen LogP contribution in [0.25, 0.3) is 5.57 Å². The maximum Gasteiger partial charge on any atom is 0.269 e. The van der Waals surface area contributed by atoms with Gasteiger partial charge in [-0.05, 0) is 47.6 Å². The van der Waals surface area contributed by atoms with Gasteiger partial charge in [-0.25, -0.2) is 0 Å². The molecule has 1 aromatic rings. The first-order valence-corrected chi connectivity index (χ1v) is 5.43. The van der Waals surface area contributed by atoms with Crippen molar-refractivity contribution in [1.82, 2.24) is 0 Å². The lowest BCUT2D eigenvalue weighted by molar-refractivity contribution is -0.384. The first-order valence-electron chi connectivity index (χ1n) is 5.43. The largest absolute Gasteiger partial charge is 0.269 e. The summed E-state index contributed by atoms with van der Waals surface area (Å²) in [4.78, 5) is 10.4. The van der Waals surface area contributed by atoms with Crippen LogP contribution in [0.4, 0.5) is 5.69 Å². The molecule has 0 heterocycles. The minimum atomic E-state index is -0.328. The molecule has 0 saturated heterocycles. The minimum absolute atomic E-state index is 0.193. The van der Waals surface area contributed by atoms with Gasteiger partial charge in [0.25, 0.3) is 5.69 Å². The zero-order valence-electron chi connectivity index (χ0n) is 8.77. The molecule has 80 valence electrons. The number of non-ortho nitro benzene ring substituents is 1. The van der Waals surface area contributed by atoms with Crippen LogP contribution >= 0.6 is 0 Å². The van der Waals surface area contributed by atoms with Gasteiger partial charge in [0.15, 0.2) is 0 Å². The topological polar surface area (TPSA) is 43.1 Å². The molecular formula is C13H11NO2. The van der Waals surface area contributed by atoms with Crippen LogP contribution in [-0.4, -0.2) is 4.92 Å². The number of nitro benzene ring substituents is 1. The van der Waals surface area contributed by atoms with Gasteiger partial charge in [-0.15, -0.1) is 0 Å². The van der Waals surface area contributed by atoms with E-state index in [2.05, 4.69) is 12.2 Å². The number of rotatable bonds is 1. The van der Waals surface area contributed by atoms with Crippen molar-refractivity contribution < 1.29 is 4.92 Å². The van der Waals surface area contributed by atoms with Gasteiger partial charge in [-0.1, -0.05) is 12.2 Å². The van der Waals surface area contributed by atoms with Crippen LogP contribution < -0.4 is 0 Å². The van der Waals surface area contributed by atoms with E-state index in [1.165, 1.54) is 16.7 Å². The average molecular weight is 213 g/mol. The average Bonchev–Trinajstić information content (AvgIpc) is 2.66. The SMILES string of the molecule is O=[N+]([O-])c1ccc2c(c1)CC1=CCCC=C12. The summed E-state index contributed by atoms with van der Waals surface area (Å²) >= 11 is 0. The Morgan fingerprint density at radius 3 is 2.81 bits per heavy atom. The van der Waals surface area contributed by atoms with Crippen LogP contribution in [0.3, 0.4) is 0 Å². The van der Waals surface area contributed by atoms with Gasteiger partial charge in [0.05, 0.1) is 4.92 Å². The normalized spacial score (nSPS) is 17.2. The number of nitro groups is 1. The van der Waals surface area contributed by atoms with Gasteiger partial charge in [0.2, 0.25) is 0 Å². The third-order valence-electron chi connectivity index (χ3n) is 3.22. The monoisotopic (exact) mass is 213 g/mol. The van der Waals surface area contributed by atoms with E-state index in [-0.39, 0.29) is 10.6 Å². The smallest absolute Gasteiger partial charge is 0.258 e. The molecule has 0 bridgehead atoms. The van der Waals surface area contributed by atoms with E-state index < -0.39 is 0 Å². The Kier molecular flexibility index (Phi) is 1.93. The van der Waals surface area contributed by atoms with E-state index in [0.717, 1.165) is 24.8 Å². The summed E-state index contributed by atoms with van der Waals surface area (Å²) in [5, 5.41) is 10.7. The first kappa shape index (κ1) is 9.33. The Hall–Kier alpha value is -1.90. The van der Waals surface area contributed by atoms with Crippen LogP contribution in [0.15, 0.2) is 35.9 Å². The van der Waals surface area contributed by atoms with E-state index in [1.807, 2.05) is 6.07 Å². The molecule has 0 radical (unpaired) electrons. The Labute approximate surface area is 93.2 Å². The molecule has 0 aliphatic heterocycles. The summed E-state index contributed by atoms with van der Waals surface area (Å²) in [5.74, 6) is 0. The van der Waals surface area contributed by atoms with Gasteiger partial charge in [0.1, 0.15) is 0 Å². The zero-order chi connectivity index (χ0) is 11.1. The Bertz CT molecular complexity index is 541. The van der Waals surface area contributed by atoms with Crippen molar-refractivity contribution in [2.24, 2.45) is 0 Å². The first-order chi connectivity index (χ1) is 7.75. The maximum atomic E-state index is 10.7. The fraction of sp³-hybridized carbons (Fsp3) is 0.231. The molecule has 3 rings (SSSR count). The van der Waals surface area contributed by atoms with Crippen molar-refractivity contribution in [2.45, 2.75) is 19.3 Å². The van der Waals surface area contributed by atoms with Gasteiger partial charge in [0, 0.05) is 12.1 Å². The van der Waals surface area contributed by atoms with E-state index in [1.54, 1.807) is 12.1 Å². The molecule has 0 amide bonds. The van der Waals surface area contributed by atoms with E-state index in [9.17, 15) is 10.1 Å². The molecule has 1 aromatic carbocycles. The highest BCUT2D eigenvalue weighted by Gasteiger charge is 2.24. The predicted molar refractivity (Wildman–Crippen MR) is 62.1 cm³/mol. The summed E-state index contributed by atoms with van der Waals surface area (Å²) in [7, 11) is 0. The van der Waals surface area contributed by atoms with Crippen molar-refractivity contribution in [3.8, 4) is 0 Å². The van der Waals surface area contributed by atoms with Crippen molar-refractivity contribution in [3.63, 3.8) is 0 Å². The Morgan fingerprint density at radius 2 is 2.00 bits per heavy atom. The molecule has 0 atom stereocenters. The van der Waals surface area contributed by atoms with Crippen LogP contribution in [-0.2, 0) is 6.42 Å². The molecule has 0 fully saturated rings. The van der Waals surface area contributed by atoms with E-state index >= 15 is 0 Å². The summed E-state index contributed by atoms with van der Waals surface area (Å²) in [5.41, 5.74) is 5.08. The van der Waals surface area contributed by atoms with Crippen LogP contribution in [0.2, 0.25) is 0 Å². The second kappa shape index (κ2) is 3.30. The van der Waals surface area contributed by atoms with Crippen LogP contribution in [0, 0.1) is 10.1 Å². The van der Waals surface area contributed by atoms with Crippen molar-refractivity contribution >= 4 is 11.3 Å². The van der Waals surface area contributed by atoms with Crippen LogP contribution in [0.5, 0.6) is 0 Å². The number of nitrogens with zero attached hydrogens (tertiary/aromatic N) is 1. The number of allylic oxidation sites excluding steroid dienone is 4. The fourth-order valence-corrected chi connectivity index (χ4v) is 2.48. The molecule has 16 heavy (non-hydrogen) atoms. The molecule has 2 aliphatic carbocycles. The third-order valence-corrected chi connectivity index (χ3v) is 3.22. The lowest BCUT2D eigenvalue weighted by atomic mass is 9.98. The molecular weight excluding hydrogens is 202 g/mol. The molecule has 2 aliphatic rings. The molecule has 3 nitrogen and oxygen atoms in total. The molecule has 0 spiro atoms. The second-order valence-electron chi connectivity index (χ2n) is 4.20. The molecule has 0 saturated carbocycles. The standard InChI is InChI=1S/C13H11NO2/c15-14(16)11-5-6-13-10(8-11)7-9-3-1-2-4-12(9)13/h3-6,8H,1-2,7H2. The third kappa shape index (κ3) is 1.28. The van der Waals surface area contributed by atoms with Crippen molar-refractivity contribution in [1.29, 1.82) is 0 Å².